The molecule has 1 unspecified atom stereocenters. The average molecular weight is 289 g/mol. The number of rotatable bonds is 6. The number of likely N-dealkylation sites (N-methyl/N-ethyl adjacent to an activating group) is 1. The summed E-state index contributed by atoms with van der Waals surface area (Å²) >= 11 is 0. The van der Waals surface area contributed by atoms with Crippen molar-refractivity contribution in [3.05, 3.63) is 35.4 Å². The topological polar surface area (TPSA) is 49.8 Å². The molecule has 0 radical (unpaired) electrons. The molecule has 114 valence electrons. The van der Waals surface area contributed by atoms with Crippen molar-refractivity contribution in [2.75, 3.05) is 26.9 Å². The van der Waals surface area contributed by atoms with Crippen molar-refractivity contribution < 1.29 is 14.6 Å². The molecule has 0 spiro atoms. The summed E-state index contributed by atoms with van der Waals surface area (Å²) in [5.41, 5.74) is 1.40. The summed E-state index contributed by atoms with van der Waals surface area (Å²) in [7, 11) is 1.63. The van der Waals surface area contributed by atoms with Gasteiger partial charge in [-0.15, -0.1) is 0 Å². The van der Waals surface area contributed by atoms with Gasteiger partial charge in [-0.1, -0.05) is 17.9 Å². The number of nitrogens with zero attached hydrogens (tertiary/aromatic N) is 1. The first-order valence-corrected chi connectivity index (χ1v) is 7.13. The molecule has 1 aromatic rings. The maximum absolute atomic E-state index is 12.6. The maximum atomic E-state index is 12.6. The molecule has 0 saturated heterocycles. The summed E-state index contributed by atoms with van der Waals surface area (Å²) in [4.78, 5) is 14.3. The summed E-state index contributed by atoms with van der Waals surface area (Å²) < 4.78 is 5.12. The summed E-state index contributed by atoms with van der Waals surface area (Å²) in [6.45, 7) is 5.11. The van der Waals surface area contributed by atoms with E-state index in [2.05, 4.69) is 11.8 Å². The largest absolute Gasteiger partial charge is 0.395 e. The fourth-order valence-corrected chi connectivity index (χ4v) is 2.10. The fraction of sp³-hybridized carbons (Fsp3) is 0.471. The van der Waals surface area contributed by atoms with Crippen LogP contribution >= 0.6 is 0 Å². The minimum absolute atomic E-state index is 0.0205. The van der Waals surface area contributed by atoms with Gasteiger partial charge < -0.3 is 14.7 Å². The van der Waals surface area contributed by atoms with Crippen molar-refractivity contribution in [2.24, 2.45) is 0 Å². The Morgan fingerprint density at radius 2 is 2.24 bits per heavy atom. The molecule has 0 fully saturated rings. The van der Waals surface area contributed by atoms with E-state index in [0.29, 0.717) is 25.1 Å². The zero-order valence-corrected chi connectivity index (χ0v) is 12.9. The van der Waals surface area contributed by atoms with Crippen LogP contribution < -0.4 is 0 Å². The maximum Gasteiger partial charge on any atom is 0.254 e. The molecular formula is C17H23NO3. The van der Waals surface area contributed by atoms with Gasteiger partial charge in [0.25, 0.3) is 5.91 Å². The van der Waals surface area contributed by atoms with Gasteiger partial charge in [-0.25, -0.2) is 0 Å². The lowest BCUT2D eigenvalue weighted by Crippen LogP contribution is -2.40. The summed E-state index contributed by atoms with van der Waals surface area (Å²) in [5.74, 6) is 5.79. The Morgan fingerprint density at radius 1 is 1.48 bits per heavy atom. The molecule has 0 aliphatic rings. The Bertz CT molecular complexity index is 516. The number of hydrogen-bond acceptors (Lipinski definition) is 3. The van der Waals surface area contributed by atoms with Gasteiger partial charge in [0.1, 0.15) is 0 Å². The average Bonchev–Trinajstić information content (AvgIpc) is 2.49. The zero-order chi connectivity index (χ0) is 15.7. The van der Waals surface area contributed by atoms with Crippen LogP contribution in [0.25, 0.3) is 0 Å². The van der Waals surface area contributed by atoms with E-state index in [1.807, 2.05) is 26.0 Å². The number of ether oxygens (including phenoxy) is 1. The molecule has 1 rings (SSSR count). The smallest absolute Gasteiger partial charge is 0.254 e. The Kier molecular flexibility index (Phi) is 7.52. The van der Waals surface area contributed by atoms with Crippen LogP contribution in [0.4, 0.5) is 0 Å². The predicted octanol–water partition coefficient (Wildman–Crippen LogP) is 1.92. The van der Waals surface area contributed by atoms with Gasteiger partial charge in [0, 0.05) is 31.2 Å². The third kappa shape index (κ3) is 5.22. The van der Waals surface area contributed by atoms with Gasteiger partial charge in [0.2, 0.25) is 0 Å². The molecule has 0 heterocycles. The van der Waals surface area contributed by atoms with Crippen molar-refractivity contribution >= 4 is 5.91 Å². The molecule has 1 atom stereocenters. The van der Waals surface area contributed by atoms with Crippen LogP contribution in [0, 0.1) is 11.8 Å². The number of aliphatic hydroxyl groups excluding tert-OH is 1. The monoisotopic (exact) mass is 289 g/mol. The van der Waals surface area contributed by atoms with Crippen molar-refractivity contribution in [2.45, 2.75) is 26.3 Å². The number of methoxy groups -OCH3 is 1. The van der Waals surface area contributed by atoms with E-state index < -0.39 is 0 Å². The van der Waals surface area contributed by atoms with E-state index in [-0.39, 0.29) is 18.6 Å². The van der Waals surface area contributed by atoms with Crippen molar-refractivity contribution in [3.63, 3.8) is 0 Å². The highest BCUT2D eigenvalue weighted by atomic mass is 16.5. The summed E-state index contributed by atoms with van der Waals surface area (Å²) in [6, 6.07) is 7.29. The lowest BCUT2D eigenvalue weighted by Gasteiger charge is -2.27. The third-order valence-electron chi connectivity index (χ3n) is 3.12. The molecule has 0 saturated carbocycles. The molecule has 4 heteroatoms. The molecule has 0 aliphatic carbocycles. The number of aliphatic hydroxyl groups is 1. The number of carbonyl (C=O) groups excluding carboxylic acids is 1. The van der Waals surface area contributed by atoms with Crippen LogP contribution in [0.1, 0.15) is 36.2 Å². The molecule has 4 nitrogen and oxygen atoms in total. The van der Waals surface area contributed by atoms with Crippen molar-refractivity contribution in [1.82, 2.24) is 4.90 Å². The Hall–Kier alpha value is -1.83. The molecule has 1 aromatic carbocycles. The molecule has 0 bridgehead atoms. The Morgan fingerprint density at radius 3 is 2.86 bits per heavy atom. The number of carbonyl (C=O) groups is 1. The third-order valence-corrected chi connectivity index (χ3v) is 3.12. The van der Waals surface area contributed by atoms with Gasteiger partial charge in [0.15, 0.2) is 0 Å². The lowest BCUT2D eigenvalue weighted by atomic mass is 10.1. The number of amides is 1. The van der Waals surface area contributed by atoms with Crippen LogP contribution in [0.2, 0.25) is 0 Å². The molecule has 0 aliphatic heterocycles. The second kappa shape index (κ2) is 9.17. The first-order valence-electron chi connectivity index (χ1n) is 7.13. The SMILES string of the molecule is CCN(C(=O)c1cccc(C#CCCO)c1)C(C)COC. The molecule has 1 amide bonds. The normalized spacial score (nSPS) is 11.4. The molecular weight excluding hydrogens is 266 g/mol. The highest BCUT2D eigenvalue weighted by Gasteiger charge is 2.19. The summed E-state index contributed by atoms with van der Waals surface area (Å²) in [5, 5.41) is 8.73. The Labute approximate surface area is 126 Å². The molecule has 21 heavy (non-hydrogen) atoms. The van der Waals surface area contributed by atoms with Crippen molar-refractivity contribution in [3.8, 4) is 11.8 Å². The highest BCUT2D eigenvalue weighted by Crippen LogP contribution is 2.11. The van der Waals surface area contributed by atoms with E-state index in [0.717, 1.165) is 5.56 Å². The van der Waals surface area contributed by atoms with Crippen LogP contribution in [0.3, 0.4) is 0 Å². The van der Waals surface area contributed by atoms with E-state index in [1.165, 1.54) is 0 Å². The van der Waals surface area contributed by atoms with Crippen molar-refractivity contribution in [1.29, 1.82) is 0 Å². The predicted molar refractivity (Wildman–Crippen MR) is 83.1 cm³/mol. The number of benzene rings is 1. The van der Waals surface area contributed by atoms with Crippen LogP contribution in [-0.2, 0) is 4.74 Å². The van der Waals surface area contributed by atoms with Gasteiger partial charge in [0.05, 0.1) is 19.3 Å². The van der Waals surface area contributed by atoms with E-state index in [9.17, 15) is 4.79 Å². The van der Waals surface area contributed by atoms with Crippen LogP contribution in [0.15, 0.2) is 24.3 Å². The first-order chi connectivity index (χ1) is 10.1. The molecule has 1 N–H and O–H groups in total. The Balaban J connectivity index is 2.91. The first kappa shape index (κ1) is 17.2. The molecule has 0 aromatic heterocycles. The second-order valence-electron chi connectivity index (χ2n) is 4.75. The van der Waals surface area contributed by atoms with Gasteiger partial charge >= 0.3 is 0 Å². The lowest BCUT2D eigenvalue weighted by molar-refractivity contribution is 0.0579. The van der Waals surface area contributed by atoms with E-state index in [4.69, 9.17) is 9.84 Å². The van der Waals surface area contributed by atoms with Gasteiger partial charge in [-0.3, -0.25) is 4.79 Å². The van der Waals surface area contributed by atoms with Gasteiger partial charge in [-0.2, -0.15) is 0 Å². The fourth-order valence-electron chi connectivity index (χ4n) is 2.10. The standard InChI is InChI=1S/C17H23NO3/c1-4-18(14(2)13-21-3)17(20)16-10-7-9-15(12-16)8-5-6-11-19/h7,9-10,12,14,19H,4,6,11,13H2,1-3H3. The van der Waals surface area contributed by atoms with Gasteiger partial charge in [-0.05, 0) is 32.0 Å². The van der Waals surface area contributed by atoms with E-state index in [1.54, 1.807) is 24.1 Å². The second-order valence-corrected chi connectivity index (χ2v) is 4.75. The minimum Gasteiger partial charge on any atom is -0.395 e. The zero-order valence-electron chi connectivity index (χ0n) is 12.9. The number of hydrogen-bond donors (Lipinski definition) is 1. The highest BCUT2D eigenvalue weighted by molar-refractivity contribution is 5.94. The summed E-state index contributed by atoms with van der Waals surface area (Å²) in [6.07, 6.45) is 0.435. The van der Waals surface area contributed by atoms with Crippen LogP contribution in [-0.4, -0.2) is 48.8 Å². The minimum atomic E-state index is -0.0205. The quantitative estimate of drug-likeness (QED) is 0.814. The van der Waals surface area contributed by atoms with E-state index >= 15 is 0 Å². The van der Waals surface area contributed by atoms with Crippen LogP contribution in [0.5, 0.6) is 0 Å².